The minimum atomic E-state index is -1.79. The molecule has 0 aliphatic rings. The van der Waals surface area contributed by atoms with Crippen LogP contribution in [0.5, 0.6) is 0 Å². The molecule has 0 saturated carbocycles. The van der Waals surface area contributed by atoms with E-state index in [-0.39, 0.29) is 6.42 Å². The van der Waals surface area contributed by atoms with Crippen LogP contribution in [-0.4, -0.2) is 21.2 Å². The number of halogens is 2. The Morgan fingerprint density at radius 3 is 2.00 bits per heavy atom. The SMILES string of the molecule is CCC(O)(CC(=O)Cl)C(=O)Cl. The largest absolute Gasteiger partial charge is 0.380 e. The molecule has 1 N–H and O–H groups in total. The van der Waals surface area contributed by atoms with Gasteiger partial charge in [-0.1, -0.05) is 6.92 Å². The van der Waals surface area contributed by atoms with Gasteiger partial charge in [0.15, 0.2) is 0 Å². The molecule has 0 aliphatic carbocycles. The molecular formula is C6H8Cl2O3. The first kappa shape index (κ1) is 10.9. The zero-order chi connectivity index (χ0) is 9.07. The Morgan fingerprint density at radius 2 is 1.91 bits per heavy atom. The first-order valence-corrected chi connectivity index (χ1v) is 3.78. The summed E-state index contributed by atoms with van der Waals surface area (Å²) in [4.78, 5) is 20.9. The summed E-state index contributed by atoms with van der Waals surface area (Å²) in [7, 11) is 0. The lowest BCUT2D eigenvalue weighted by Crippen LogP contribution is -2.36. The molecule has 0 amide bonds. The molecule has 3 nitrogen and oxygen atoms in total. The van der Waals surface area contributed by atoms with Crippen LogP contribution in [0.25, 0.3) is 0 Å². The summed E-state index contributed by atoms with van der Waals surface area (Å²) in [6.07, 6.45) is -0.360. The second kappa shape index (κ2) is 4.04. The molecule has 0 rings (SSSR count). The predicted molar refractivity (Wildman–Crippen MR) is 41.6 cm³/mol. The highest BCUT2D eigenvalue weighted by Gasteiger charge is 2.34. The van der Waals surface area contributed by atoms with Gasteiger partial charge < -0.3 is 5.11 Å². The molecule has 1 atom stereocenters. The summed E-state index contributed by atoms with van der Waals surface area (Å²) in [5.74, 6) is 0. The molecule has 11 heavy (non-hydrogen) atoms. The molecule has 1 unspecified atom stereocenters. The zero-order valence-electron chi connectivity index (χ0n) is 5.93. The van der Waals surface area contributed by atoms with Crippen molar-refractivity contribution >= 4 is 33.7 Å². The van der Waals surface area contributed by atoms with Crippen LogP contribution < -0.4 is 0 Å². The molecule has 0 spiro atoms. The van der Waals surface area contributed by atoms with E-state index in [1.807, 2.05) is 0 Å². The third-order valence-corrected chi connectivity index (χ3v) is 1.87. The predicted octanol–water partition coefficient (Wildman–Crippen LogP) is 1.05. The lowest BCUT2D eigenvalue weighted by molar-refractivity contribution is -0.133. The minimum absolute atomic E-state index is 0.0772. The van der Waals surface area contributed by atoms with Crippen LogP contribution in [0.1, 0.15) is 19.8 Å². The maximum absolute atomic E-state index is 10.5. The van der Waals surface area contributed by atoms with E-state index in [9.17, 15) is 14.7 Å². The second-order valence-corrected chi connectivity index (χ2v) is 2.96. The van der Waals surface area contributed by atoms with Gasteiger partial charge in [-0.25, -0.2) is 0 Å². The molecule has 0 aromatic rings. The summed E-state index contributed by atoms with van der Waals surface area (Å²) >= 11 is 10.0. The second-order valence-electron chi connectivity index (χ2n) is 2.19. The van der Waals surface area contributed by atoms with Gasteiger partial charge in [0.1, 0.15) is 5.60 Å². The van der Waals surface area contributed by atoms with Crippen molar-refractivity contribution in [2.45, 2.75) is 25.4 Å². The van der Waals surface area contributed by atoms with Crippen LogP contribution >= 0.6 is 23.2 Å². The first-order chi connectivity index (χ1) is 4.92. The smallest absolute Gasteiger partial charge is 0.253 e. The van der Waals surface area contributed by atoms with Crippen LogP contribution in [0.4, 0.5) is 0 Å². The Kier molecular flexibility index (Phi) is 4.00. The number of carbonyl (C=O) groups excluding carboxylic acids is 2. The van der Waals surface area contributed by atoms with Gasteiger partial charge in [-0.3, -0.25) is 9.59 Å². The Balaban J connectivity index is 4.34. The number of hydrogen-bond acceptors (Lipinski definition) is 3. The van der Waals surface area contributed by atoms with Crippen molar-refractivity contribution in [2.24, 2.45) is 0 Å². The quantitative estimate of drug-likeness (QED) is 0.688. The summed E-state index contributed by atoms with van der Waals surface area (Å²) in [6, 6.07) is 0. The van der Waals surface area contributed by atoms with E-state index in [1.54, 1.807) is 6.92 Å². The maximum atomic E-state index is 10.5. The summed E-state index contributed by atoms with van der Waals surface area (Å²) in [5, 5.41) is 7.56. The third kappa shape index (κ3) is 3.18. The van der Waals surface area contributed by atoms with Gasteiger partial charge in [-0.15, -0.1) is 0 Å². The molecule has 0 aliphatic heterocycles. The van der Waals surface area contributed by atoms with E-state index in [0.29, 0.717) is 0 Å². The summed E-state index contributed by atoms with van der Waals surface area (Å²) in [6.45, 7) is 1.54. The van der Waals surface area contributed by atoms with Crippen molar-refractivity contribution in [3.05, 3.63) is 0 Å². The molecule has 0 bridgehead atoms. The van der Waals surface area contributed by atoms with Gasteiger partial charge in [0, 0.05) is 0 Å². The Morgan fingerprint density at radius 1 is 1.45 bits per heavy atom. The van der Waals surface area contributed by atoms with Gasteiger partial charge in [0.2, 0.25) is 5.24 Å². The highest BCUT2D eigenvalue weighted by Crippen LogP contribution is 2.19. The monoisotopic (exact) mass is 198 g/mol. The third-order valence-electron chi connectivity index (χ3n) is 1.38. The van der Waals surface area contributed by atoms with E-state index in [0.717, 1.165) is 0 Å². The molecule has 0 aromatic carbocycles. The van der Waals surface area contributed by atoms with Gasteiger partial charge in [0.25, 0.3) is 5.24 Å². The van der Waals surface area contributed by atoms with E-state index >= 15 is 0 Å². The Hall–Kier alpha value is -0.120. The lowest BCUT2D eigenvalue weighted by Gasteiger charge is -2.19. The highest BCUT2D eigenvalue weighted by atomic mass is 35.5. The molecular weight excluding hydrogens is 191 g/mol. The summed E-state index contributed by atoms with van der Waals surface area (Å²) in [5.41, 5.74) is -1.79. The van der Waals surface area contributed by atoms with Crippen LogP contribution in [0.2, 0.25) is 0 Å². The fourth-order valence-corrected chi connectivity index (χ4v) is 0.985. The molecule has 0 aromatic heterocycles. The van der Waals surface area contributed by atoms with Crippen LogP contribution in [0.15, 0.2) is 0 Å². The van der Waals surface area contributed by atoms with E-state index in [2.05, 4.69) is 0 Å². The van der Waals surface area contributed by atoms with Gasteiger partial charge in [-0.2, -0.15) is 0 Å². The molecule has 0 radical (unpaired) electrons. The number of carbonyl (C=O) groups is 2. The Labute approximate surface area is 74.3 Å². The van der Waals surface area contributed by atoms with Crippen molar-refractivity contribution in [3.8, 4) is 0 Å². The van der Waals surface area contributed by atoms with E-state index < -0.39 is 22.5 Å². The average molecular weight is 199 g/mol. The van der Waals surface area contributed by atoms with Crippen LogP contribution in [0.3, 0.4) is 0 Å². The van der Waals surface area contributed by atoms with Crippen molar-refractivity contribution < 1.29 is 14.7 Å². The molecule has 64 valence electrons. The normalized spacial score (nSPS) is 15.6. The fourth-order valence-electron chi connectivity index (χ4n) is 0.563. The van der Waals surface area contributed by atoms with Crippen LogP contribution in [-0.2, 0) is 9.59 Å². The van der Waals surface area contributed by atoms with Crippen molar-refractivity contribution in [2.75, 3.05) is 0 Å². The minimum Gasteiger partial charge on any atom is -0.380 e. The first-order valence-electron chi connectivity index (χ1n) is 3.03. The fraction of sp³-hybridized carbons (Fsp3) is 0.667. The lowest BCUT2D eigenvalue weighted by atomic mass is 9.99. The van der Waals surface area contributed by atoms with Crippen molar-refractivity contribution in [1.82, 2.24) is 0 Å². The Bertz CT molecular complexity index is 181. The van der Waals surface area contributed by atoms with E-state index in [4.69, 9.17) is 23.2 Å². The van der Waals surface area contributed by atoms with Crippen molar-refractivity contribution in [3.63, 3.8) is 0 Å². The standard InChI is InChI=1S/C6H8Cl2O3/c1-2-6(11,5(8)10)3-4(7)9/h11H,2-3H2,1H3. The van der Waals surface area contributed by atoms with Crippen LogP contribution in [0, 0.1) is 0 Å². The number of aliphatic hydroxyl groups is 1. The van der Waals surface area contributed by atoms with Gasteiger partial charge in [-0.05, 0) is 29.6 Å². The zero-order valence-corrected chi connectivity index (χ0v) is 7.45. The van der Waals surface area contributed by atoms with Crippen molar-refractivity contribution in [1.29, 1.82) is 0 Å². The molecule has 5 heteroatoms. The summed E-state index contributed by atoms with van der Waals surface area (Å²) < 4.78 is 0. The highest BCUT2D eigenvalue weighted by molar-refractivity contribution is 6.67. The topological polar surface area (TPSA) is 54.4 Å². The molecule has 0 fully saturated rings. The van der Waals surface area contributed by atoms with Gasteiger partial charge in [0.05, 0.1) is 6.42 Å². The average Bonchev–Trinajstić information content (AvgIpc) is 1.86. The molecule has 0 heterocycles. The number of hydrogen-bond donors (Lipinski definition) is 1. The molecule has 0 saturated heterocycles. The van der Waals surface area contributed by atoms with Gasteiger partial charge >= 0.3 is 0 Å². The maximum Gasteiger partial charge on any atom is 0.253 e. The number of rotatable bonds is 4. The van der Waals surface area contributed by atoms with E-state index in [1.165, 1.54) is 0 Å².